The van der Waals surface area contributed by atoms with E-state index < -0.39 is 0 Å². The van der Waals surface area contributed by atoms with E-state index in [9.17, 15) is 5.11 Å². The third-order valence-electron chi connectivity index (χ3n) is 5.46. The highest BCUT2D eigenvalue weighted by Crippen LogP contribution is 2.36. The van der Waals surface area contributed by atoms with Crippen LogP contribution in [0.3, 0.4) is 0 Å². The third kappa shape index (κ3) is 4.79. The van der Waals surface area contributed by atoms with Crippen LogP contribution in [0.5, 0.6) is 5.88 Å². The smallest absolute Gasteiger partial charge is 0.199 e. The summed E-state index contributed by atoms with van der Waals surface area (Å²) < 4.78 is 0.939. The maximum Gasteiger partial charge on any atom is 0.199 e. The number of piperazine rings is 1. The summed E-state index contributed by atoms with van der Waals surface area (Å²) >= 11 is 3.53. The molecule has 10 heteroatoms. The summed E-state index contributed by atoms with van der Waals surface area (Å²) in [4.78, 5) is 15.9. The van der Waals surface area contributed by atoms with Crippen LogP contribution in [0.15, 0.2) is 57.1 Å². The predicted octanol–water partition coefficient (Wildman–Crippen LogP) is 4.24. The number of H-pyrrole nitrogens is 1. The number of aliphatic imine (C=N–C) groups is 1. The second-order valence-corrected chi connectivity index (χ2v) is 8.30. The number of halogens is 3. The van der Waals surface area contributed by atoms with Gasteiger partial charge in [0.1, 0.15) is 18.0 Å². The van der Waals surface area contributed by atoms with Crippen LogP contribution in [0.2, 0.25) is 0 Å². The number of nitrogens with one attached hydrogen (secondary N) is 2. The third-order valence-corrected chi connectivity index (χ3v) is 5.95. The molecule has 32 heavy (non-hydrogen) atoms. The van der Waals surface area contributed by atoms with Gasteiger partial charge in [-0.2, -0.15) is 0 Å². The molecule has 0 atom stereocenters. The van der Waals surface area contributed by atoms with E-state index in [2.05, 4.69) is 36.3 Å². The molecule has 5 rings (SSSR count). The first kappa shape index (κ1) is 24.5. The quantitative estimate of drug-likeness (QED) is 0.334. The standard InChI is InChI=1S/C22H22BrN5O2.2ClH/c23-14-5-6-18-16(13-14)20(27-30-12-11-28-9-7-24-8-10-28)21(25-18)19-15-3-1-2-4-17(15)26-22(19)29;;/h1-6,13,24,26,29H,7-12H2;2*1H/b27-20+;;. The minimum Gasteiger partial charge on any atom is -0.494 e. The van der Waals surface area contributed by atoms with Crippen LogP contribution in [-0.4, -0.2) is 65.7 Å². The summed E-state index contributed by atoms with van der Waals surface area (Å²) in [6.45, 7) is 5.38. The molecule has 0 radical (unpaired) electrons. The fourth-order valence-corrected chi connectivity index (χ4v) is 4.31. The van der Waals surface area contributed by atoms with Crippen molar-refractivity contribution in [1.29, 1.82) is 0 Å². The average Bonchev–Trinajstić information content (AvgIpc) is 3.27. The van der Waals surface area contributed by atoms with Gasteiger partial charge in [0.05, 0.1) is 11.3 Å². The summed E-state index contributed by atoms with van der Waals surface area (Å²) in [5.41, 5.74) is 4.42. The highest BCUT2D eigenvalue weighted by Gasteiger charge is 2.29. The number of aromatic amines is 1. The number of benzene rings is 2. The first-order valence-corrected chi connectivity index (χ1v) is 10.8. The van der Waals surface area contributed by atoms with Crippen molar-refractivity contribution < 1.29 is 9.94 Å². The van der Waals surface area contributed by atoms with Crippen LogP contribution in [0.4, 0.5) is 5.69 Å². The number of oxime groups is 1. The molecule has 3 heterocycles. The molecule has 1 saturated heterocycles. The van der Waals surface area contributed by atoms with Gasteiger partial charge in [-0.05, 0) is 24.3 Å². The Morgan fingerprint density at radius 2 is 1.91 bits per heavy atom. The van der Waals surface area contributed by atoms with Gasteiger partial charge in [-0.1, -0.05) is 39.3 Å². The van der Waals surface area contributed by atoms with Gasteiger partial charge >= 0.3 is 0 Å². The Morgan fingerprint density at radius 3 is 2.72 bits per heavy atom. The summed E-state index contributed by atoms with van der Waals surface area (Å²) in [5.74, 6) is 0.0790. The molecule has 2 aliphatic rings. The lowest BCUT2D eigenvalue weighted by atomic mass is 10.0. The van der Waals surface area contributed by atoms with Crippen molar-refractivity contribution in [2.75, 3.05) is 39.3 Å². The number of aromatic hydroxyl groups is 1. The molecular formula is C22H24BrCl2N5O2. The van der Waals surface area contributed by atoms with E-state index in [1.54, 1.807) is 0 Å². The molecule has 170 valence electrons. The van der Waals surface area contributed by atoms with Gasteiger partial charge in [-0.3, -0.25) is 4.90 Å². The first-order valence-electron chi connectivity index (χ1n) is 10.0. The number of rotatable bonds is 5. The topological polar surface area (TPSA) is 85.2 Å². The molecule has 7 nitrogen and oxygen atoms in total. The van der Waals surface area contributed by atoms with Gasteiger partial charge in [-0.25, -0.2) is 4.99 Å². The molecule has 0 spiro atoms. The van der Waals surface area contributed by atoms with Gasteiger partial charge in [0.25, 0.3) is 0 Å². The van der Waals surface area contributed by atoms with Crippen molar-refractivity contribution in [2.24, 2.45) is 10.1 Å². The normalized spacial score (nSPS) is 16.9. The average molecular weight is 541 g/mol. The van der Waals surface area contributed by atoms with E-state index in [0.717, 1.165) is 59.4 Å². The number of para-hydroxylation sites is 1. The SMILES string of the molecule is Cl.Cl.Oc1[nH]c2ccccc2c1C1=Nc2ccc(Br)cc2/C1=N\OCCN1CCNCC1. The molecule has 0 bridgehead atoms. The molecular weight excluding hydrogens is 517 g/mol. The highest BCUT2D eigenvalue weighted by atomic mass is 79.9. The molecule has 0 amide bonds. The maximum absolute atomic E-state index is 10.6. The van der Waals surface area contributed by atoms with Crippen LogP contribution < -0.4 is 5.32 Å². The maximum atomic E-state index is 10.6. The summed E-state index contributed by atoms with van der Waals surface area (Å²) in [6, 6.07) is 13.6. The fourth-order valence-electron chi connectivity index (χ4n) is 3.95. The predicted molar refractivity (Wildman–Crippen MR) is 137 cm³/mol. The number of fused-ring (bicyclic) bond motifs is 2. The summed E-state index contributed by atoms with van der Waals surface area (Å²) in [6.07, 6.45) is 0. The second kappa shape index (κ2) is 10.7. The van der Waals surface area contributed by atoms with E-state index in [-0.39, 0.29) is 30.7 Å². The monoisotopic (exact) mass is 539 g/mol. The minimum absolute atomic E-state index is 0. The Kier molecular flexibility index (Phi) is 8.19. The molecule has 0 unspecified atom stereocenters. The molecule has 1 fully saturated rings. The molecule has 3 N–H and O–H groups in total. The second-order valence-electron chi connectivity index (χ2n) is 7.38. The van der Waals surface area contributed by atoms with Crippen molar-refractivity contribution >= 4 is 68.8 Å². The number of nitrogens with zero attached hydrogens (tertiary/aromatic N) is 3. The zero-order valence-corrected chi connectivity index (χ0v) is 20.4. The zero-order valence-electron chi connectivity index (χ0n) is 17.2. The van der Waals surface area contributed by atoms with Gasteiger partial charge < -0.3 is 20.2 Å². The Morgan fingerprint density at radius 1 is 1.12 bits per heavy atom. The van der Waals surface area contributed by atoms with Crippen molar-refractivity contribution in [1.82, 2.24) is 15.2 Å². The van der Waals surface area contributed by atoms with Crippen LogP contribution in [0, 0.1) is 0 Å². The van der Waals surface area contributed by atoms with Crippen molar-refractivity contribution in [2.45, 2.75) is 0 Å². The molecule has 0 saturated carbocycles. The molecule has 3 aromatic rings. The van der Waals surface area contributed by atoms with E-state index in [1.807, 2.05) is 42.5 Å². The Labute approximate surface area is 206 Å². The van der Waals surface area contributed by atoms with E-state index >= 15 is 0 Å². The lowest BCUT2D eigenvalue weighted by Crippen LogP contribution is -2.44. The van der Waals surface area contributed by atoms with E-state index in [4.69, 9.17) is 9.83 Å². The Hall–Kier alpha value is -2.10. The van der Waals surface area contributed by atoms with Gasteiger partial charge in [-0.15, -0.1) is 24.8 Å². The fraction of sp³-hybridized carbons (Fsp3) is 0.273. The van der Waals surface area contributed by atoms with Gasteiger partial charge in [0.2, 0.25) is 0 Å². The van der Waals surface area contributed by atoms with Crippen LogP contribution in [-0.2, 0) is 4.84 Å². The number of hydrogen-bond acceptors (Lipinski definition) is 6. The molecule has 2 aromatic carbocycles. The van der Waals surface area contributed by atoms with Gasteiger partial charge in [0, 0.05) is 53.7 Å². The minimum atomic E-state index is 0. The van der Waals surface area contributed by atoms with Crippen molar-refractivity contribution in [3.63, 3.8) is 0 Å². The van der Waals surface area contributed by atoms with E-state index in [1.165, 1.54) is 0 Å². The number of aromatic nitrogens is 1. The Bertz CT molecular complexity index is 1160. The van der Waals surface area contributed by atoms with E-state index in [0.29, 0.717) is 23.6 Å². The summed E-state index contributed by atoms with van der Waals surface area (Å²) in [7, 11) is 0. The lowest BCUT2D eigenvalue weighted by Gasteiger charge is -2.26. The van der Waals surface area contributed by atoms with Gasteiger partial charge in [0.15, 0.2) is 5.88 Å². The molecule has 1 aromatic heterocycles. The molecule has 0 aliphatic carbocycles. The summed E-state index contributed by atoms with van der Waals surface area (Å²) in [5, 5.41) is 19.4. The zero-order chi connectivity index (χ0) is 20.5. The highest BCUT2D eigenvalue weighted by molar-refractivity contribution is 9.10. The largest absolute Gasteiger partial charge is 0.494 e. The van der Waals surface area contributed by atoms with Crippen molar-refractivity contribution in [3.8, 4) is 5.88 Å². The molecule has 2 aliphatic heterocycles. The van der Waals surface area contributed by atoms with Crippen LogP contribution >= 0.6 is 40.7 Å². The number of hydrogen-bond donors (Lipinski definition) is 3. The Balaban J connectivity index is 0.00000144. The van der Waals surface area contributed by atoms with Crippen LogP contribution in [0.1, 0.15) is 11.1 Å². The van der Waals surface area contributed by atoms with Crippen molar-refractivity contribution in [3.05, 3.63) is 58.1 Å². The first-order chi connectivity index (χ1) is 14.7. The lowest BCUT2D eigenvalue weighted by molar-refractivity contribution is 0.106. The van der Waals surface area contributed by atoms with Crippen LogP contribution in [0.25, 0.3) is 10.9 Å².